The minimum Gasteiger partial charge on any atom is -0.311 e. The van der Waals surface area contributed by atoms with E-state index in [4.69, 9.17) is 18.0 Å². The molecule has 0 radical (unpaired) electrons. The minimum absolute atomic E-state index is 0.0175. The van der Waals surface area contributed by atoms with E-state index in [1.165, 1.54) is 28.7 Å². The first kappa shape index (κ1) is 21.7. The second-order valence-electron chi connectivity index (χ2n) is 7.06. The van der Waals surface area contributed by atoms with E-state index in [9.17, 15) is 9.59 Å². The highest BCUT2D eigenvalue weighted by atomic mass is 35.5. The highest BCUT2D eigenvalue weighted by Crippen LogP contribution is 2.27. The van der Waals surface area contributed by atoms with Crippen LogP contribution in [0.3, 0.4) is 0 Å². The second-order valence-corrected chi connectivity index (χ2v) is 9.49. The zero-order chi connectivity index (χ0) is 21.8. The Kier molecular flexibility index (Phi) is 6.81. The number of carbonyl (C=O) groups is 2. The monoisotopic (exact) mass is 469 g/mol. The molecule has 1 aliphatic rings. The quantitative estimate of drug-likeness (QED) is 0.528. The summed E-state index contributed by atoms with van der Waals surface area (Å²) in [6.07, 6.45) is 7.43. The maximum Gasteiger partial charge on any atom is 0.258 e. The number of aromatic nitrogens is 1. The van der Waals surface area contributed by atoms with Gasteiger partial charge in [0.2, 0.25) is 5.91 Å². The first-order valence-corrected chi connectivity index (χ1v) is 12.2. The molecule has 0 fully saturated rings. The van der Waals surface area contributed by atoms with Gasteiger partial charge in [-0.25, -0.2) is 0 Å². The number of halogens is 1. The molecule has 3 aromatic rings. The van der Waals surface area contributed by atoms with Crippen LogP contribution in [0.4, 0.5) is 5.69 Å². The molecule has 0 aliphatic carbocycles. The van der Waals surface area contributed by atoms with E-state index in [-0.39, 0.29) is 23.3 Å². The van der Waals surface area contributed by atoms with Gasteiger partial charge in [0.15, 0.2) is 4.80 Å². The van der Waals surface area contributed by atoms with Gasteiger partial charge in [0.25, 0.3) is 5.91 Å². The van der Waals surface area contributed by atoms with E-state index in [2.05, 4.69) is 17.0 Å². The Morgan fingerprint density at radius 2 is 2.06 bits per heavy atom. The van der Waals surface area contributed by atoms with Crippen molar-refractivity contribution in [1.29, 1.82) is 0 Å². The number of anilines is 1. The molecule has 31 heavy (non-hydrogen) atoms. The number of para-hydroxylation sites is 1. The number of benzene rings is 2. The second kappa shape index (κ2) is 9.73. The highest BCUT2D eigenvalue weighted by molar-refractivity contribution is 8.00. The topological polar surface area (TPSA) is 54.7 Å². The molecule has 4 rings (SSSR count). The van der Waals surface area contributed by atoms with Gasteiger partial charge >= 0.3 is 0 Å². The fraction of sp³-hybridized carbons (Fsp3) is 0.261. The Bertz CT molecular complexity index is 1260. The number of terminal acetylenes is 1. The van der Waals surface area contributed by atoms with E-state index in [1.807, 2.05) is 39.8 Å². The van der Waals surface area contributed by atoms with Crippen LogP contribution in [0.2, 0.25) is 5.02 Å². The van der Waals surface area contributed by atoms with E-state index < -0.39 is 0 Å². The predicted molar refractivity (Wildman–Crippen MR) is 129 cm³/mol. The molecule has 1 aliphatic heterocycles. The minimum atomic E-state index is -0.291. The number of hydrogen-bond donors (Lipinski definition) is 0. The molecule has 1 aromatic heterocycles. The fourth-order valence-corrected chi connectivity index (χ4v) is 5.61. The van der Waals surface area contributed by atoms with E-state index in [1.54, 1.807) is 6.07 Å². The molecule has 158 valence electrons. The van der Waals surface area contributed by atoms with Crippen molar-refractivity contribution in [3.05, 3.63) is 57.9 Å². The van der Waals surface area contributed by atoms with Crippen molar-refractivity contribution in [2.45, 2.75) is 19.4 Å². The van der Waals surface area contributed by atoms with Crippen molar-refractivity contribution in [1.82, 2.24) is 4.57 Å². The zero-order valence-corrected chi connectivity index (χ0v) is 19.1. The number of hydrogen-bond acceptors (Lipinski definition) is 4. The average Bonchev–Trinajstić information content (AvgIpc) is 3.09. The molecule has 2 aromatic carbocycles. The van der Waals surface area contributed by atoms with Gasteiger partial charge in [-0.15, -0.1) is 18.2 Å². The molecule has 0 saturated heterocycles. The van der Waals surface area contributed by atoms with Crippen molar-refractivity contribution in [3.63, 3.8) is 0 Å². The Balaban J connectivity index is 1.43. The third-order valence-corrected chi connectivity index (χ3v) is 7.16. The van der Waals surface area contributed by atoms with Gasteiger partial charge < -0.3 is 9.47 Å². The van der Waals surface area contributed by atoms with Gasteiger partial charge in [0.05, 0.1) is 28.3 Å². The maximum absolute atomic E-state index is 12.7. The lowest BCUT2D eigenvalue weighted by atomic mass is 10.0. The molecule has 0 unspecified atom stereocenters. The molecule has 0 bridgehead atoms. The van der Waals surface area contributed by atoms with Crippen LogP contribution in [0.15, 0.2) is 47.5 Å². The fourth-order valence-electron chi connectivity index (χ4n) is 3.61. The molecular formula is C23H20ClN3O2S2. The molecule has 0 spiro atoms. The normalized spacial score (nSPS) is 13.8. The third-order valence-electron chi connectivity index (χ3n) is 4.98. The summed E-state index contributed by atoms with van der Waals surface area (Å²) in [5.41, 5.74) is 3.07. The number of thiazole rings is 1. The first-order chi connectivity index (χ1) is 15.1. The molecule has 0 N–H and O–H groups in total. The van der Waals surface area contributed by atoms with Crippen molar-refractivity contribution in [2.75, 3.05) is 23.0 Å². The molecule has 0 atom stereocenters. The lowest BCUT2D eigenvalue weighted by Crippen LogP contribution is -2.36. The van der Waals surface area contributed by atoms with Crippen LogP contribution in [0.5, 0.6) is 0 Å². The lowest BCUT2D eigenvalue weighted by Gasteiger charge is -2.29. The number of rotatable bonds is 5. The summed E-state index contributed by atoms with van der Waals surface area (Å²) in [6.45, 7) is 1.03. The van der Waals surface area contributed by atoms with Crippen molar-refractivity contribution < 1.29 is 9.59 Å². The Hall–Kier alpha value is -2.53. The number of fused-ring (bicyclic) bond motifs is 2. The van der Waals surface area contributed by atoms with Gasteiger partial charge in [-0.05, 0) is 42.7 Å². The van der Waals surface area contributed by atoms with Crippen LogP contribution in [0, 0.1) is 12.3 Å². The summed E-state index contributed by atoms with van der Waals surface area (Å²) in [7, 11) is 0. The SMILES string of the molecule is C#CCn1c(=NC(=O)CSCC(=O)N2CCCc3ccccc32)sc2cc(Cl)ccc21. The van der Waals surface area contributed by atoms with Crippen LogP contribution in [-0.4, -0.2) is 34.4 Å². The van der Waals surface area contributed by atoms with Crippen LogP contribution in [-0.2, 0) is 22.6 Å². The zero-order valence-electron chi connectivity index (χ0n) is 16.7. The smallest absolute Gasteiger partial charge is 0.258 e. The number of amides is 2. The van der Waals surface area contributed by atoms with E-state index in [0.29, 0.717) is 22.9 Å². The van der Waals surface area contributed by atoms with Crippen LogP contribution >= 0.6 is 34.7 Å². The van der Waals surface area contributed by atoms with Crippen LogP contribution in [0.1, 0.15) is 12.0 Å². The van der Waals surface area contributed by atoms with Gasteiger partial charge in [-0.2, -0.15) is 4.99 Å². The van der Waals surface area contributed by atoms with E-state index in [0.717, 1.165) is 28.7 Å². The third kappa shape index (κ3) is 4.87. The van der Waals surface area contributed by atoms with Crippen molar-refractivity contribution in [2.24, 2.45) is 4.99 Å². The summed E-state index contributed by atoms with van der Waals surface area (Å²) >= 11 is 8.73. The summed E-state index contributed by atoms with van der Waals surface area (Å²) in [5.74, 6) is 2.70. The molecule has 8 heteroatoms. The van der Waals surface area contributed by atoms with Crippen LogP contribution in [0.25, 0.3) is 10.2 Å². The lowest BCUT2D eigenvalue weighted by molar-refractivity contribution is -0.116. The molecule has 2 amide bonds. The molecule has 5 nitrogen and oxygen atoms in total. The van der Waals surface area contributed by atoms with Gasteiger partial charge in [-0.3, -0.25) is 9.59 Å². The first-order valence-electron chi connectivity index (χ1n) is 9.83. The average molecular weight is 470 g/mol. The maximum atomic E-state index is 12.7. The summed E-state index contributed by atoms with van der Waals surface area (Å²) < 4.78 is 2.75. The Morgan fingerprint density at radius 1 is 1.23 bits per heavy atom. The van der Waals surface area contributed by atoms with E-state index >= 15 is 0 Å². The van der Waals surface area contributed by atoms with Crippen LogP contribution < -0.4 is 9.70 Å². The Morgan fingerprint density at radius 3 is 2.90 bits per heavy atom. The summed E-state index contributed by atoms with van der Waals surface area (Å²) in [4.78, 5) is 31.8. The Labute approximate surface area is 193 Å². The predicted octanol–water partition coefficient (Wildman–Crippen LogP) is 4.13. The van der Waals surface area contributed by atoms with Gasteiger partial charge in [0.1, 0.15) is 0 Å². The molecule has 2 heterocycles. The number of carbonyl (C=O) groups excluding carboxylic acids is 2. The molecular weight excluding hydrogens is 450 g/mol. The van der Waals surface area contributed by atoms with Crippen molar-refractivity contribution in [3.8, 4) is 12.3 Å². The van der Waals surface area contributed by atoms with Crippen molar-refractivity contribution >= 4 is 62.4 Å². The number of nitrogens with zero attached hydrogens (tertiary/aromatic N) is 3. The summed E-state index contributed by atoms with van der Waals surface area (Å²) in [6, 6.07) is 13.5. The summed E-state index contributed by atoms with van der Waals surface area (Å²) in [5, 5.41) is 0.618. The molecule has 0 saturated carbocycles. The van der Waals surface area contributed by atoms with Gasteiger partial charge in [-0.1, -0.05) is 47.1 Å². The van der Waals surface area contributed by atoms with Gasteiger partial charge in [0, 0.05) is 17.3 Å². The number of aryl methyl sites for hydroxylation is 1. The number of thioether (sulfide) groups is 1. The largest absolute Gasteiger partial charge is 0.311 e. The highest BCUT2D eigenvalue weighted by Gasteiger charge is 2.22. The standard InChI is InChI=1S/C23H20ClN3O2S2/c1-2-11-27-19-10-9-17(24)13-20(19)31-23(27)25-21(28)14-30-15-22(29)26-12-5-7-16-6-3-4-8-18(16)26/h1,3-4,6,8-10,13H,5,7,11-12,14-15H2.